The molecule has 0 aliphatic carbocycles. The van der Waals surface area contributed by atoms with Crippen molar-refractivity contribution in [3.8, 4) is 10.8 Å². The van der Waals surface area contributed by atoms with Crippen molar-refractivity contribution in [2.24, 2.45) is 0 Å². The van der Waals surface area contributed by atoms with Gasteiger partial charge in [-0.1, -0.05) is 6.92 Å². The molecule has 0 aliphatic rings. The van der Waals surface area contributed by atoms with Crippen LogP contribution in [0.1, 0.15) is 19.5 Å². The number of hydrogen-bond donors (Lipinski definition) is 1. The Kier molecular flexibility index (Phi) is 4.27. The van der Waals surface area contributed by atoms with Crippen molar-refractivity contribution in [1.29, 1.82) is 0 Å². The first kappa shape index (κ1) is 12.7. The molecule has 0 radical (unpaired) electrons. The monoisotopic (exact) mass is 360 g/mol. The molecule has 0 aromatic carbocycles. The van der Waals surface area contributed by atoms with Crippen molar-refractivity contribution in [1.82, 2.24) is 15.0 Å². The number of aromatic nitrogens is 3. The van der Waals surface area contributed by atoms with Gasteiger partial charge in [-0.05, 0) is 35.9 Å². The van der Waals surface area contributed by atoms with Crippen molar-refractivity contribution < 1.29 is 0 Å². The van der Waals surface area contributed by atoms with E-state index >= 15 is 0 Å². The van der Waals surface area contributed by atoms with Crippen molar-refractivity contribution in [3.63, 3.8) is 0 Å². The molecule has 0 unspecified atom stereocenters. The third-order valence-electron chi connectivity index (χ3n) is 2.22. The van der Waals surface area contributed by atoms with Crippen LogP contribution in [0.25, 0.3) is 10.8 Å². The summed E-state index contributed by atoms with van der Waals surface area (Å²) in [5, 5.41) is 6.08. The predicted octanol–water partition coefficient (Wildman–Crippen LogP) is 3.20. The zero-order chi connectivity index (χ0) is 12.3. The summed E-state index contributed by atoms with van der Waals surface area (Å²) in [5.41, 5.74) is 1.07. The lowest BCUT2D eigenvalue weighted by Crippen LogP contribution is -2.07. The van der Waals surface area contributed by atoms with E-state index in [-0.39, 0.29) is 0 Å². The number of rotatable bonds is 4. The van der Waals surface area contributed by atoms with Gasteiger partial charge in [0.05, 0.1) is 9.26 Å². The van der Waals surface area contributed by atoms with Gasteiger partial charge in [0.25, 0.3) is 0 Å². The summed E-state index contributed by atoms with van der Waals surface area (Å²) < 4.78 is 1.10. The van der Waals surface area contributed by atoms with Gasteiger partial charge in [-0.25, -0.2) is 15.0 Å². The summed E-state index contributed by atoms with van der Waals surface area (Å²) in [7, 11) is 0. The number of halogens is 1. The van der Waals surface area contributed by atoms with Crippen molar-refractivity contribution >= 4 is 39.7 Å². The Bertz CT molecular complexity index is 498. The molecule has 0 spiro atoms. The van der Waals surface area contributed by atoms with Crippen LogP contribution >= 0.6 is 33.9 Å². The normalized spacial score (nSPS) is 10.5. The molecule has 0 aliphatic heterocycles. The molecular formula is C11H13IN4S. The number of nitrogens with zero attached hydrogens (tertiary/aromatic N) is 3. The van der Waals surface area contributed by atoms with Gasteiger partial charge in [-0.3, -0.25) is 0 Å². The van der Waals surface area contributed by atoms with Crippen LogP contribution in [-0.2, 0) is 6.42 Å². The van der Waals surface area contributed by atoms with E-state index in [0.717, 1.165) is 33.1 Å². The van der Waals surface area contributed by atoms with Crippen LogP contribution < -0.4 is 5.32 Å². The molecule has 0 saturated carbocycles. The Hall–Kier alpha value is -0.760. The quantitative estimate of drug-likeness (QED) is 0.851. The molecule has 2 aromatic rings. The number of nitrogens with one attached hydrogen (secondary N) is 1. The first-order valence-electron chi connectivity index (χ1n) is 5.46. The van der Waals surface area contributed by atoms with Gasteiger partial charge in [0.15, 0.2) is 10.8 Å². The Morgan fingerprint density at radius 1 is 1.35 bits per heavy atom. The second kappa shape index (κ2) is 5.72. The SMILES string of the molecule is CCNc1nc(-c2nccs2)nc(CC)c1I. The largest absolute Gasteiger partial charge is 0.369 e. The van der Waals surface area contributed by atoms with Crippen LogP contribution in [0.5, 0.6) is 0 Å². The molecule has 0 amide bonds. The van der Waals surface area contributed by atoms with Crippen LogP contribution in [0.2, 0.25) is 0 Å². The van der Waals surface area contributed by atoms with E-state index in [1.54, 1.807) is 17.5 Å². The lowest BCUT2D eigenvalue weighted by atomic mass is 10.3. The highest BCUT2D eigenvalue weighted by Gasteiger charge is 2.13. The summed E-state index contributed by atoms with van der Waals surface area (Å²) in [5.74, 6) is 1.62. The van der Waals surface area contributed by atoms with E-state index in [1.807, 2.05) is 5.38 Å². The average molecular weight is 360 g/mol. The Morgan fingerprint density at radius 2 is 2.18 bits per heavy atom. The summed E-state index contributed by atoms with van der Waals surface area (Å²) >= 11 is 3.86. The maximum Gasteiger partial charge on any atom is 0.190 e. The zero-order valence-corrected chi connectivity index (χ0v) is 12.7. The maximum atomic E-state index is 4.57. The first-order valence-corrected chi connectivity index (χ1v) is 7.42. The minimum Gasteiger partial charge on any atom is -0.369 e. The molecule has 0 atom stereocenters. The number of thiazole rings is 1. The Labute approximate surface area is 118 Å². The van der Waals surface area contributed by atoms with Crippen LogP contribution in [0.15, 0.2) is 11.6 Å². The standard InChI is InChI=1S/C11H13IN4S/c1-3-7-8(12)9(13-4-2)16-10(15-7)11-14-5-6-17-11/h5-6H,3-4H2,1-2H3,(H,13,15,16). The van der Waals surface area contributed by atoms with E-state index in [4.69, 9.17) is 0 Å². The van der Waals surface area contributed by atoms with E-state index in [9.17, 15) is 0 Å². The summed E-state index contributed by atoms with van der Waals surface area (Å²) in [4.78, 5) is 13.4. The van der Waals surface area contributed by atoms with E-state index in [2.05, 4.69) is 56.7 Å². The van der Waals surface area contributed by atoms with Gasteiger partial charge in [0.2, 0.25) is 0 Å². The molecular weight excluding hydrogens is 347 g/mol. The van der Waals surface area contributed by atoms with E-state index in [0.29, 0.717) is 5.82 Å². The van der Waals surface area contributed by atoms with Crippen molar-refractivity contribution in [2.45, 2.75) is 20.3 Å². The third-order valence-corrected chi connectivity index (χ3v) is 4.13. The second-order valence-electron chi connectivity index (χ2n) is 3.38. The molecule has 2 rings (SSSR count). The highest BCUT2D eigenvalue weighted by molar-refractivity contribution is 14.1. The van der Waals surface area contributed by atoms with E-state index < -0.39 is 0 Å². The van der Waals surface area contributed by atoms with E-state index in [1.165, 1.54) is 0 Å². The fraction of sp³-hybridized carbons (Fsp3) is 0.364. The van der Waals surface area contributed by atoms with Crippen molar-refractivity contribution in [3.05, 3.63) is 20.8 Å². The van der Waals surface area contributed by atoms with Gasteiger partial charge in [-0.2, -0.15) is 0 Å². The molecule has 0 saturated heterocycles. The molecule has 0 bridgehead atoms. The molecule has 17 heavy (non-hydrogen) atoms. The number of hydrogen-bond acceptors (Lipinski definition) is 5. The Balaban J connectivity index is 2.50. The number of anilines is 1. The Morgan fingerprint density at radius 3 is 2.76 bits per heavy atom. The lowest BCUT2D eigenvalue weighted by molar-refractivity contribution is 0.980. The third kappa shape index (κ3) is 2.74. The highest BCUT2D eigenvalue weighted by atomic mass is 127. The average Bonchev–Trinajstić information content (AvgIpc) is 2.85. The van der Waals surface area contributed by atoms with Gasteiger partial charge in [-0.15, -0.1) is 11.3 Å². The van der Waals surface area contributed by atoms with Crippen molar-refractivity contribution in [2.75, 3.05) is 11.9 Å². The molecule has 0 fully saturated rings. The fourth-order valence-electron chi connectivity index (χ4n) is 1.44. The molecule has 1 N–H and O–H groups in total. The van der Waals surface area contributed by atoms with Crippen LogP contribution in [0, 0.1) is 3.57 Å². The van der Waals surface area contributed by atoms with Gasteiger partial charge in [0, 0.05) is 18.1 Å². The molecule has 4 nitrogen and oxygen atoms in total. The molecule has 2 aromatic heterocycles. The smallest absolute Gasteiger partial charge is 0.190 e. The second-order valence-corrected chi connectivity index (χ2v) is 5.35. The topological polar surface area (TPSA) is 50.7 Å². The summed E-state index contributed by atoms with van der Waals surface area (Å²) in [6.45, 7) is 5.02. The highest BCUT2D eigenvalue weighted by Crippen LogP contribution is 2.25. The molecule has 90 valence electrons. The molecule has 6 heteroatoms. The maximum absolute atomic E-state index is 4.57. The van der Waals surface area contributed by atoms with Gasteiger partial charge < -0.3 is 5.32 Å². The minimum atomic E-state index is 0.716. The van der Waals surface area contributed by atoms with Crippen LogP contribution in [0.3, 0.4) is 0 Å². The van der Waals surface area contributed by atoms with Crippen LogP contribution in [0.4, 0.5) is 5.82 Å². The summed E-state index contributed by atoms with van der Waals surface area (Å²) in [6, 6.07) is 0. The molecule has 2 heterocycles. The number of aryl methyl sites for hydroxylation is 1. The minimum absolute atomic E-state index is 0.716. The first-order chi connectivity index (χ1) is 8.26. The van der Waals surface area contributed by atoms with Gasteiger partial charge >= 0.3 is 0 Å². The zero-order valence-electron chi connectivity index (χ0n) is 9.70. The lowest BCUT2D eigenvalue weighted by Gasteiger charge is -2.10. The van der Waals surface area contributed by atoms with Crippen LogP contribution in [-0.4, -0.2) is 21.5 Å². The summed E-state index contributed by atoms with van der Waals surface area (Å²) in [6.07, 6.45) is 2.68. The fourth-order valence-corrected chi connectivity index (χ4v) is 2.82. The van der Waals surface area contributed by atoms with Gasteiger partial charge in [0.1, 0.15) is 5.82 Å². The predicted molar refractivity (Wildman–Crippen MR) is 79.4 cm³/mol.